The lowest BCUT2D eigenvalue weighted by molar-refractivity contribution is 0.457. The molecule has 1 aliphatic rings. The van der Waals surface area contributed by atoms with Gasteiger partial charge in [-0.2, -0.15) is 0 Å². The van der Waals surface area contributed by atoms with Gasteiger partial charge in [0.1, 0.15) is 4.83 Å². The topological polar surface area (TPSA) is 37.8 Å². The Morgan fingerprint density at radius 2 is 2.16 bits per heavy atom. The minimum Gasteiger partial charge on any atom is -0.323 e. The molecule has 1 atom stereocenters. The van der Waals surface area contributed by atoms with Crippen molar-refractivity contribution in [3.05, 3.63) is 25.6 Å². The van der Waals surface area contributed by atoms with Crippen molar-refractivity contribution >= 4 is 33.8 Å². The number of thiophene rings is 1. The smallest absolute Gasteiger partial charge is 0.263 e. The highest BCUT2D eigenvalue weighted by atomic mass is 32.1. The average Bonchev–Trinajstić information content (AvgIpc) is 3.06. The molecule has 3 rings (SSSR count). The van der Waals surface area contributed by atoms with E-state index in [1.807, 2.05) is 13.8 Å². The van der Waals surface area contributed by atoms with E-state index in [2.05, 4.69) is 11.9 Å². The molecule has 19 heavy (non-hydrogen) atoms. The molecule has 1 N–H and O–H groups in total. The van der Waals surface area contributed by atoms with Crippen molar-refractivity contribution < 1.29 is 0 Å². The van der Waals surface area contributed by atoms with Crippen LogP contribution in [0.2, 0.25) is 0 Å². The number of hydrogen-bond acceptors (Lipinski definition) is 3. The molecule has 3 nitrogen and oxygen atoms in total. The molecule has 0 saturated heterocycles. The molecular formula is C14H18N2OS2. The van der Waals surface area contributed by atoms with Gasteiger partial charge >= 0.3 is 0 Å². The molecule has 1 unspecified atom stereocenters. The van der Waals surface area contributed by atoms with Crippen LogP contribution < -0.4 is 5.56 Å². The normalized spacial score (nSPS) is 17.0. The molecule has 1 saturated carbocycles. The summed E-state index contributed by atoms with van der Waals surface area (Å²) in [6, 6.07) is 0.188. The summed E-state index contributed by atoms with van der Waals surface area (Å²) in [6.45, 7) is 6.17. The number of aromatic amines is 1. The molecule has 5 heteroatoms. The van der Waals surface area contributed by atoms with Gasteiger partial charge in [-0.15, -0.1) is 11.3 Å². The number of nitrogens with one attached hydrogen (secondary N) is 1. The summed E-state index contributed by atoms with van der Waals surface area (Å²) in [5, 5.41) is 0.818. The van der Waals surface area contributed by atoms with Crippen molar-refractivity contribution in [2.45, 2.75) is 46.1 Å². The molecule has 0 aromatic carbocycles. The van der Waals surface area contributed by atoms with Gasteiger partial charge in [-0.1, -0.05) is 12.8 Å². The first-order chi connectivity index (χ1) is 8.99. The highest BCUT2D eigenvalue weighted by Gasteiger charge is 2.25. The van der Waals surface area contributed by atoms with Gasteiger partial charge in [-0.3, -0.25) is 9.36 Å². The number of fused-ring (bicyclic) bond motifs is 1. The number of H-pyrrole nitrogens is 1. The zero-order chi connectivity index (χ0) is 13.7. The molecule has 0 amide bonds. The lowest BCUT2D eigenvalue weighted by atomic mass is 10.1. The SMILES string of the molecule is Cc1sc2[nH]c(=S)n(C(C)CC3CC3)c(=O)c2c1C. The summed E-state index contributed by atoms with van der Waals surface area (Å²) in [4.78, 5) is 18.0. The number of hydrogen-bond donors (Lipinski definition) is 1. The van der Waals surface area contributed by atoms with Crippen molar-refractivity contribution in [1.82, 2.24) is 9.55 Å². The molecule has 2 aromatic heterocycles. The second-order valence-electron chi connectivity index (χ2n) is 5.62. The van der Waals surface area contributed by atoms with Crippen molar-refractivity contribution in [2.75, 3.05) is 0 Å². The van der Waals surface area contributed by atoms with Crippen LogP contribution in [0.3, 0.4) is 0 Å². The summed E-state index contributed by atoms with van der Waals surface area (Å²) in [5.41, 5.74) is 1.16. The minimum atomic E-state index is 0.0775. The van der Waals surface area contributed by atoms with Crippen LogP contribution in [0.25, 0.3) is 10.2 Å². The number of aryl methyl sites for hydroxylation is 2. The minimum absolute atomic E-state index is 0.0775. The lowest BCUT2D eigenvalue weighted by Gasteiger charge is -2.15. The number of nitrogens with zero attached hydrogens (tertiary/aromatic N) is 1. The van der Waals surface area contributed by atoms with Gasteiger partial charge in [0.05, 0.1) is 5.39 Å². The van der Waals surface area contributed by atoms with E-state index in [9.17, 15) is 4.79 Å². The number of aromatic nitrogens is 2. The van der Waals surface area contributed by atoms with Crippen molar-refractivity contribution in [2.24, 2.45) is 5.92 Å². The maximum Gasteiger partial charge on any atom is 0.263 e. The summed E-state index contributed by atoms with van der Waals surface area (Å²) in [5.74, 6) is 0.789. The van der Waals surface area contributed by atoms with Crippen molar-refractivity contribution in [1.29, 1.82) is 0 Å². The summed E-state index contributed by atoms with van der Waals surface area (Å²) >= 11 is 7.00. The Morgan fingerprint density at radius 3 is 2.79 bits per heavy atom. The first-order valence-corrected chi connectivity index (χ1v) is 7.96. The fourth-order valence-corrected chi connectivity index (χ4v) is 4.17. The van der Waals surface area contributed by atoms with Crippen LogP contribution in [0.5, 0.6) is 0 Å². The first kappa shape index (κ1) is 13.1. The first-order valence-electron chi connectivity index (χ1n) is 6.73. The highest BCUT2D eigenvalue weighted by Crippen LogP contribution is 2.36. The van der Waals surface area contributed by atoms with Crippen molar-refractivity contribution in [3.8, 4) is 0 Å². The van der Waals surface area contributed by atoms with E-state index >= 15 is 0 Å². The Labute approximate surface area is 121 Å². The maximum absolute atomic E-state index is 12.7. The quantitative estimate of drug-likeness (QED) is 0.865. The van der Waals surface area contributed by atoms with Gasteiger partial charge in [0, 0.05) is 10.9 Å². The van der Waals surface area contributed by atoms with Gasteiger partial charge in [-0.05, 0) is 50.9 Å². The predicted octanol–water partition coefficient (Wildman–Crippen LogP) is 4.10. The molecule has 1 fully saturated rings. The zero-order valence-corrected chi connectivity index (χ0v) is 13.1. The van der Waals surface area contributed by atoms with E-state index < -0.39 is 0 Å². The third kappa shape index (κ3) is 2.19. The van der Waals surface area contributed by atoms with Gasteiger partial charge in [0.2, 0.25) is 0 Å². The van der Waals surface area contributed by atoms with E-state index in [1.165, 1.54) is 17.7 Å². The van der Waals surface area contributed by atoms with Gasteiger partial charge in [-0.25, -0.2) is 0 Å². The number of rotatable bonds is 3. The fraction of sp³-hybridized carbons (Fsp3) is 0.571. The Morgan fingerprint density at radius 1 is 1.47 bits per heavy atom. The average molecular weight is 294 g/mol. The molecule has 102 valence electrons. The van der Waals surface area contributed by atoms with Crippen LogP contribution >= 0.6 is 23.6 Å². The monoisotopic (exact) mass is 294 g/mol. The fourth-order valence-electron chi connectivity index (χ4n) is 2.68. The molecule has 0 aliphatic heterocycles. The second-order valence-corrected chi connectivity index (χ2v) is 7.23. The van der Waals surface area contributed by atoms with E-state index in [0.717, 1.165) is 28.1 Å². The molecule has 0 radical (unpaired) electrons. The molecule has 2 aromatic rings. The summed E-state index contributed by atoms with van der Waals surface area (Å²) < 4.78 is 2.33. The lowest BCUT2D eigenvalue weighted by Crippen LogP contribution is -2.25. The predicted molar refractivity (Wildman–Crippen MR) is 82.8 cm³/mol. The molecule has 0 bridgehead atoms. The van der Waals surface area contributed by atoms with Gasteiger partial charge in [0.25, 0.3) is 5.56 Å². The van der Waals surface area contributed by atoms with Crippen molar-refractivity contribution in [3.63, 3.8) is 0 Å². The Hall–Kier alpha value is -0.940. The van der Waals surface area contributed by atoms with E-state index in [0.29, 0.717) is 4.77 Å². The van der Waals surface area contributed by atoms with Gasteiger partial charge in [0.15, 0.2) is 4.77 Å². The Bertz CT molecular complexity index is 749. The third-order valence-corrected chi connectivity index (χ3v) is 5.49. The third-order valence-electron chi connectivity index (χ3n) is 4.07. The van der Waals surface area contributed by atoms with Crippen LogP contribution in [0.1, 0.15) is 42.7 Å². The Kier molecular flexibility index (Phi) is 3.14. The van der Waals surface area contributed by atoms with Crippen LogP contribution in [0.15, 0.2) is 4.79 Å². The van der Waals surface area contributed by atoms with Crippen LogP contribution in [0.4, 0.5) is 0 Å². The van der Waals surface area contributed by atoms with E-state index in [-0.39, 0.29) is 11.6 Å². The highest BCUT2D eigenvalue weighted by molar-refractivity contribution is 7.71. The van der Waals surface area contributed by atoms with E-state index in [4.69, 9.17) is 12.2 Å². The molecule has 2 heterocycles. The second kappa shape index (κ2) is 4.56. The van der Waals surface area contributed by atoms with Crippen LogP contribution in [0, 0.1) is 24.5 Å². The maximum atomic E-state index is 12.7. The standard InChI is InChI=1S/C14H18N2OS2/c1-7(6-10-4-5-10)16-13(17)11-8(2)9(3)19-12(11)15-14(16)18/h7,10H,4-6H2,1-3H3,(H,15,18). The molecule has 0 spiro atoms. The molecular weight excluding hydrogens is 276 g/mol. The van der Waals surface area contributed by atoms with Crippen LogP contribution in [-0.2, 0) is 0 Å². The summed E-state index contributed by atoms with van der Waals surface area (Å²) in [6.07, 6.45) is 3.66. The largest absolute Gasteiger partial charge is 0.323 e. The molecule has 1 aliphatic carbocycles. The zero-order valence-electron chi connectivity index (χ0n) is 11.4. The Balaban J connectivity index is 2.20. The summed E-state index contributed by atoms with van der Waals surface area (Å²) in [7, 11) is 0. The van der Waals surface area contributed by atoms with E-state index in [1.54, 1.807) is 15.9 Å². The van der Waals surface area contributed by atoms with Crippen LogP contribution in [-0.4, -0.2) is 9.55 Å². The van der Waals surface area contributed by atoms with Gasteiger partial charge < -0.3 is 4.98 Å².